The summed E-state index contributed by atoms with van der Waals surface area (Å²) in [6.07, 6.45) is 0.799. The first-order valence-corrected chi connectivity index (χ1v) is 9.86. The minimum atomic E-state index is 0.0159. The normalized spacial score (nSPS) is 11.1. The van der Waals surface area contributed by atoms with E-state index in [4.69, 9.17) is 0 Å². The van der Waals surface area contributed by atoms with Crippen LogP contribution in [0.15, 0.2) is 47.5 Å². The molecule has 2 aromatic rings. The number of hydrogen-bond donors (Lipinski definition) is 2. The average molecular weight is 397 g/mol. The van der Waals surface area contributed by atoms with Crippen molar-refractivity contribution in [2.24, 2.45) is 4.99 Å². The van der Waals surface area contributed by atoms with Crippen molar-refractivity contribution >= 4 is 17.7 Å². The third-order valence-corrected chi connectivity index (χ3v) is 4.28. The SMILES string of the molecule is CCNC(=NCc1cccc(N(C)C)n1)NCCc1cccc(C(=O)N(C)C)c1. The van der Waals surface area contributed by atoms with E-state index >= 15 is 0 Å². The molecule has 1 aromatic heterocycles. The van der Waals surface area contributed by atoms with Crippen LogP contribution >= 0.6 is 0 Å². The van der Waals surface area contributed by atoms with Gasteiger partial charge in [0.25, 0.3) is 5.91 Å². The lowest BCUT2D eigenvalue weighted by atomic mass is 10.1. The Kier molecular flexibility index (Phi) is 8.45. The number of guanidine groups is 1. The van der Waals surface area contributed by atoms with Crippen LogP contribution in [-0.2, 0) is 13.0 Å². The predicted octanol–water partition coefficient (Wildman–Crippen LogP) is 2.15. The van der Waals surface area contributed by atoms with Crippen molar-refractivity contribution in [2.75, 3.05) is 46.2 Å². The van der Waals surface area contributed by atoms with Crippen molar-refractivity contribution < 1.29 is 4.79 Å². The number of carbonyl (C=O) groups excluding carboxylic acids is 1. The molecule has 0 aliphatic carbocycles. The van der Waals surface area contributed by atoms with E-state index in [9.17, 15) is 4.79 Å². The number of carbonyl (C=O) groups is 1. The van der Waals surface area contributed by atoms with Crippen molar-refractivity contribution in [1.29, 1.82) is 0 Å². The highest BCUT2D eigenvalue weighted by Gasteiger charge is 2.08. The van der Waals surface area contributed by atoms with E-state index in [1.807, 2.05) is 68.4 Å². The van der Waals surface area contributed by atoms with Gasteiger partial charge < -0.3 is 20.4 Å². The molecule has 0 unspecified atom stereocenters. The summed E-state index contributed by atoms with van der Waals surface area (Å²) in [6, 6.07) is 13.7. The smallest absolute Gasteiger partial charge is 0.253 e. The zero-order valence-corrected chi connectivity index (χ0v) is 18.1. The van der Waals surface area contributed by atoms with Crippen molar-refractivity contribution in [2.45, 2.75) is 19.9 Å². The van der Waals surface area contributed by atoms with Crippen LogP contribution in [0.2, 0.25) is 0 Å². The second-order valence-electron chi connectivity index (χ2n) is 7.15. The molecule has 156 valence electrons. The molecule has 0 aliphatic rings. The molecule has 0 radical (unpaired) electrons. The fourth-order valence-electron chi connectivity index (χ4n) is 2.75. The lowest BCUT2D eigenvalue weighted by Crippen LogP contribution is -2.38. The van der Waals surface area contributed by atoms with E-state index in [0.29, 0.717) is 12.1 Å². The summed E-state index contributed by atoms with van der Waals surface area (Å²) >= 11 is 0. The Morgan fingerprint density at radius 2 is 1.83 bits per heavy atom. The summed E-state index contributed by atoms with van der Waals surface area (Å²) in [5.74, 6) is 1.69. The number of aromatic nitrogens is 1. The van der Waals surface area contributed by atoms with Crippen molar-refractivity contribution in [1.82, 2.24) is 20.5 Å². The summed E-state index contributed by atoms with van der Waals surface area (Å²) in [6.45, 7) is 4.04. The molecule has 1 amide bonds. The molecule has 7 nitrogen and oxygen atoms in total. The number of hydrogen-bond acceptors (Lipinski definition) is 4. The highest BCUT2D eigenvalue weighted by atomic mass is 16.2. The molecular weight excluding hydrogens is 364 g/mol. The predicted molar refractivity (Wildman–Crippen MR) is 120 cm³/mol. The lowest BCUT2D eigenvalue weighted by Gasteiger charge is -2.14. The number of nitrogens with zero attached hydrogens (tertiary/aromatic N) is 4. The minimum absolute atomic E-state index is 0.0159. The largest absolute Gasteiger partial charge is 0.363 e. The standard InChI is InChI=1S/C22H32N6O/c1-6-23-22(25-16-19-11-8-12-20(26-19)27(2)3)24-14-13-17-9-7-10-18(15-17)21(29)28(4)5/h7-12,15H,6,13-14,16H2,1-5H3,(H2,23,24,25). The van der Waals surface area contributed by atoms with Gasteiger partial charge >= 0.3 is 0 Å². The molecule has 1 heterocycles. The van der Waals surface area contributed by atoms with E-state index in [2.05, 4.69) is 20.6 Å². The maximum Gasteiger partial charge on any atom is 0.253 e. The Hall–Kier alpha value is -3.09. The highest BCUT2D eigenvalue weighted by molar-refractivity contribution is 5.94. The van der Waals surface area contributed by atoms with Gasteiger partial charge in [0.2, 0.25) is 0 Å². The van der Waals surface area contributed by atoms with Crippen LogP contribution in [0.1, 0.15) is 28.5 Å². The summed E-state index contributed by atoms with van der Waals surface area (Å²) in [5, 5.41) is 6.61. The van der Waals surface area contributed by atoms with Gasteiger partial charge in [-0.1, -0.05) is 18.2 Å². The Labute approximate surface area is 173 Å². The van der Waals surface area contributed by atoms with Gasteiger partial charge in [0, 0.05) is 46.8 Å². The first kappa shape index (κ1) is 22.2. The molecule has 2 N–H and O–H groups in total. The van der Waals surface area contributed by atoms with Gasteiger partial charge in [-0.05, 0) is 43.2 Å². The molecular formula is C22H32N6O. The number of aliphatic imine (C=N–C) groups is 1. The summed E-state index contributed by atoms with van der Waals surface area (Å²) < 4.78 is 0. The average Bonchev–Trinajstić information content (AvgIpc) is 2.71. The van der Waals surface area contributed by atoms with Crippen molar-refractivity contribution in [3.63, 3.8) is 0 Å². The van der Waals surface area contributed by atoms with Crippen LogP contribution in [0.4, 0.5) is 5.82 Å². The van der Waals surface area contributed by atoms with Crippen molar-refractivity contribution in [3.05, 3.63) is 59.3 Å². The van der Waals surface area contributed by atoms with Gasteiger partial charge in [-0.3, -0.25) is 4.79 Å². The van der Waals surface area contributed by atoms with Crippen LogP contribution in [0.25, 0.3) is 0 Å². The minimum Gasteiger partial charge on any atom is -0.363 e. The Morgan fingerprint density at radius 3 is 2.52 bits per heavy atom. The van der Waals surface area contributed by atoms with Crippen LogP contribution in [-0.4, -0.2) is 63.0 Å². The molecule has 0 spiro atoms. The van der Waals surface area contributed by atoms with Gasteiger partial charge in [0.15, 0.2) is 5.96 Å². The Balaban J connectivity index is 1.96. The number of rotatable bonds is 8. The topological polar surface area (TPSA) is 72.9 Å². The first-order valence-electron chi connectivity index (χ1n) is 9.86. The number of nitrogens with one attached hydrogen (secondary N) is 2. The first-order chi connectivity index (χ1) is 13.9. The molecule has 0 bridgehead atoms. The van der Waals surface area contributed by atoms with Gasteiger partial charge in [-0.2, -0.15) is 0 Å². The van der Waals surface area contributed by atoms with Crippen LogP contribution < -0.4 is 15.5 Å². The number of benzene rings is 1. The molecule has 2 rings (SSSR count). The van der Waals surface area contributed by atoms with Gasteiger partial charge in [0.1, 0.15) is 5.82 Å². The Bertz CT molecular complexity index is 832. The molecule has 0 fully saturated rings. The third kappa shape index (κ3) is 7.10. The fraction of sp³-hybridized carbons (Fsp3) is 0.409. The molecule has 0 aliphatic heterocycles. The third-order valence-electron chi connectivity index (χ3n) is 4.28. The second kappa shape index (κ2) is 11.0. The molecule has 0 atom stereocenters. The molecule has 1 aromatic carbocycles. The van der Waals surface area contributed by atoms with Gasteiger partial charge in [-0.15, -0.1) is 0 Å². The van der Waals surface area contributed by atoms with E-state index in [1.165, 1.54) is 0 Å². The zero-order valence-electron chi connectivity index (χ0n) is 18.1. The second-order valence-corrected chi connectivity index (χ2v) is 7.15. The van der Waals surface area contributed by atoms with Crippen LogP contribution in [0.5, 0.6) is 0 Å². The summed E-state index contributed by atoms with van der Waals surface area (Å²) in [5.41, 5.74) is 2.74. The lowest BCUT2D eigenvalue weighted by molar-refractivity contribution is 0.0827. The maximum absolute atomic E-state index is 12.1. The number of anilines is 1. The highest BCUT2D eigenvalue weighted by Crippen LogP contribution is 2.09. The molecule has 0 saturated carbocycles. The quantitative estimate of drug-likeness (QED) is 0.528. The summed E-state index contributed by atoms with van der Waals surface area (Å²) in [7, 11) is 7.47. The van der Waals surface area contributed by atoms with Crippen molar-refractivity contribution in [3.8, 4) is 0 Å². The fourth-order valence-corrected chi connectivity index (χ4v) is 2.75. The summed E-state index contributed by atoms with van der Waals surface area (Å²) in [4.78, 5) is 24.9. The monoisotopic (exact) mass is 396 g/mol. The molecule has 7 heteroatoms. The Morgan fingerprint density at radius 1 is 1.07 bits per heavy atom. The van der Waals surface area contributed by atoms with E-state index < -0.39 is 0 Å². The van der Waals surface area contributed by atoms with E-state index in [1.54, 1.807) is 19.0 Å². The number of amides is 1. The van der Waals surface area contributed by atoms with E-state index in [0.717, 1.165) is 42.5 Å². The van der Waals surface area contributed by atoms with Gasteiger partial charge in [0.05, 0.1) is 12.2 Å². The maximum atomic E-state index is 12.1. The number of pyridine rings is 1. The van der Waals surface area contributed by atoms with Crippen LogP contribution in [0.3, 0.4) is 0 Å². The van der Waals surface area contributed by atoms with Crippen LogP contribution in [0, 0.1) is 0 Å². The van der Waals surface area contributed by atoms with E-state index in [-0.39, 0.29) is 5.91 Å². The van der Waals surface area contributed by atoms with Gasteiger partial charge in [-0.25, -0.2) is 9.98 Å². The molecule has 0 saturated heterocycles. The molecule has 29 heavy (non-hydrogen) atoms. The zero-order chi connectivity index (χ0) is 21.2.